The number of unbranched alkanes of at least 4 members (excludes halogenated alkanes) is 1. The third-order valence-corrected chi connectivity index (χ3v) is 3.83. The summed E-state index contributed by atoms with van der Waals surface area (Å²) < 4.78 is 11.0. The fourth-order valence-corrected chi connectivity index (χ4v) is 2.47. The Balaban J connectivity index is 1.68. The average molecular weight is 355 g/mol. The van der Waals surface area contributed by atoms with Gasteiger partial charge in [-0.1, -0.05) is 19.4 Å². The van der Waals surface area contributed by atoms with E-state index in [0.717, 1.165) is 12.8 Å². The lowest BCUT2D eigenvalue weighted by Crippen LogP contribution is -2.26. The standard InChI is InChI=1S/C19H21N3O4/c1-2-3-9-20-18(23)14-5-4-6-15(22-14)19(24)21-13-7-8-16-17(12-13)26-11-10-25-16/h4-8,12H,2-3,9-11H2,1H3,(H,20,23)(H,21,24). The van der Waals surface area contributed by atoms with Crippen LogP contribution < -0.4 is 20.1 Å². The first kappa shape index (κ1) is 17.7. The summed E-state index contributed by atoms with van der Waals surface area (Å²) in [4.78, 5) is 28.7. The monoisotopic (exact) mass is 355 g/mol. The van der Waals surface area contributed by atoms with Gasteiger partial charge < -0.3 is 20.1 Å². The third-order valence-electron chi connectivity index (χ3n) is 3.83. The molecular formula is C19H21N3O4. The van der Waals surface area contributed by atoms with Crippen molar-refractivity contribution in [2.24, 2.45) is 0 Å². The molecule has 26 heavy (non-hydrogen) atoms. The molecule has 0 unspecified atom stereocenters. The number of amides is 2. The quantitative estimate of drug-likeness (QED) is 0.778. The van der Waals surface area contributed by atoms with Gasteiger partial charge in [0.15, 0.2) is 11.5 Å². The molecule has 0 aliphatic carbocycles. The van der Waals surface area contributed by atoms with Crippen LogP contribution in [0, 0.1) is 0 Å². The maximum Gasteiger partial charge on any atom is 0.274 e. The minimum absolute atomic E-state index is 0.169. The Morgan fingerprint density at radius 3 is 2.54 bits per heavy atom. The molecule has 7 heteroatoms. The van der Waals surface area contributed by atoms with E-state index in [1.54, 1.807) is 36.4 Å². The number of ether oxygens (including phenoxy) is 2. The lowest BCUT2D eigenvalue weighted by Gasteiger charge is -2.19. The highest BCUT2D eigenvalue weighted by molar-refractivity contribution is 6.04. The molecule has 1 aliphatic heterocycles. The molecule has 1 aromatic heterocycles. The highest BCUT2D eigenvalue weighted by Crippen LogP contribution is 2.32. The summed E-state index contributed by atoms with van der Waals surface area (Å²) in [6.07, 6.45) is 1.89. The molecule has 0 saturated carbocycles. The van der Waals surface area contributed by atoms with Gasteiger partial charge in [0.05, 0.1) is 0 Å². The summed E-state index contributed by atoms with van der Waals surface area (Å²) in [6.45, 7) is 3.62. The van der Waals surface area contributed by atoms with Gasteiger partial charge in [0.2, 0.25) is 0 Å². The van der Waals surface area contributed by atoms with Gasteiger partial charge in [-0.15, -0.1) is 0 Å². The van der Waals surface area contributed by atoms with E-state index in [-0.39, 0.29) is 17.3 Å². The van der Waals surface area contributed by atoms with Gasteiger partial charge in [-0.3, -0.25) is 9.59 Å². The van der Waals surface area contributed by atoms with Crippen LogP contribution in [0.5, 0.6) is 11.5 Å². The molecule has 0 spiro atoms. The minimum atomic E-state index is -0.398. The summed E-state index contributed by atoms with van der Waals surface area (Å²) in [7, 11) is 0. The van der Waals surface area contributed by atoms with Crippen LogP contribution in [0.2, 0.25) is 0 Å². The summed E-state index contributed by atoms with van der Waals surface area (Å²) in [5.41, 5.74) is 0.956. The van der Waals surface area contributed by atoms with E-state index in [0.29, 0.717) is 36.9 Å². The highest BCUT2D eigenvalue weighted by Gasteiger charge is 2.15. The van der Waals surface area contributed by atoms with E-state index in [2.05, 4.69) is 15.6 Å². The van der Waals surface area contributed by atoms with E-state index in [4.69, 9.17) is 9.47 Å². The fourth-order valence-electron chi connectivity index (χ4n) is 2.47. The van der Waals surface area contributed by atoms with Crippen molar-refractivity contribution in [1.29, 1.82) is 0 Å². The van der Waals surface area contributed by atoms with Crippen LogP contribution in [0.15, 0.2) is 36.4 Å². The van der Waals surface area contributed by atoms with Gasteiger partial charge in [0.1, 0.15) is 24.6 Å². The molecule has 0 radical (unpaired) electrons. The van der Waals surface area contributed by atoms with Gasteiger partial charge in [-0.2, -0.15) is 0 Å². The second kappa shape index (κ2) is 8.33. The zero-order valence-electron chi connectivity index (χ0n) is 14.6. The number of rotatable bonds is 6. The van der Waals surface area contributed by atoms with Crippen LogP contribution in [-0.2, 0) is 0 Å². The normalized spacial score (nSPS) is 12.3. The number of carbonyl (C=O) groups is 2. The van der Waals surface area contributed by atoms with Crippen molar-refractivity contribution in [3.63, 3.8) is 0 Å². The van der Waals surface area contributed by atoms with Crippen molar-refractivity contribution in [2.75, 3.05) is 25.1 Å². The Labute approximate surface area is 151 Å². The number of hydrogen-bond donors (Lipinski definition) is 2. The topological polar surface area (TPSA) is 89.6 Å². The Kier molecular flexibility index (Phi) is 5.68. The van der Waals surface area contributed by atoms with Crippen LogP contribution >= 0.6 is 0 Å². The van der Waals surface area contributed by atoms with Crippen LogP contribution in [0.25, 0.3) is 0 Å². The molecular weight excluding hydrogens is 334 g/mol. The maximum atomic E-state index is 12.4. The summed E-state index contributed by atoms with van der Waals surface area (Å²) in [6, 6.07) is 9.97. The Morgan fingerprint density at radius 1 is 1.04 bits per heavy atom. The second-order valence-electron chi connectivity index (χ2n) is 5.83. The number of anilines is 1. The average Bonchev–Trinajstić information content (AvgIpc) is 2.68. The number of carbonyl (C=O) groups excluding carboxylic acids is 2. The molecule has 2 heterocycles. The lowest BCUT2D eigenvalue weighted by atomic mass is 10.2. The van der Waals surface area contributed by atoms with Crippen molar-refractivity contribution < 1.29 is 19.1 Å². The van der Waals surface area contributed by atoms with Crippen molar-refractivity contribution in [3.05, 3.63) is 47.8 Å². The van der Waals surface area contributed by atoms with Crippen molar-refractivity contribution >= 4 is 17.5 Å². The molecule has 0 bridgehead atoms. The number of fused-ring (bicyclic) bond motifs is 1. The predicted octanol–water partition coefficient (Wildman–Crippen LogP) is 2.64. The Bertz CT molecular complexity index is 807. The zero-order chi connectivity index (χ0) is 18.4. The number of aromatic nitrogens is 1. The highest BCUT2D eigenvalue weighted by atomic mass is 16.6. The molecule has 3 rings (SSSR count). The Morgan fingerprint density at radius 2 is 1.77 bits per heavy atom. The molecule has 0 fully saturated rings. The first-order valence-electron chi connectivity index (χ1n) is 8.63. The molecule has 2 amide bonds. The van der Waals surface area contributed by atoms with Crippen LogP contribution in [-0.4, -0.2) is 36.6 Å². The smallest absolute Gasteiger partial charge is 0.274 e. The lowest BCUT2D eigenvalue weighted by molar-refractivity contribution is 0.0948. The molecule has 7 nitrogen and oxygen atoms in total. The summed E-state index contributed by atoms with van der Waals surface area (Å²) in [5, 5.41) is 5.54. The number of benzene rings is 1. The summed E-state index contributed by atoms with van der Waals surface area (Å²) >= 11 is 0. The van der Waals surface area contributed by atoms with Gasteiger partial charge in [-0.25, -0.2) is 4.98 Å². The molecule has 0 atom stereocenters. The summed E-state index contributed by atoms with van der Waals surface area (Å²) in [5.74, 6) is 0.557. The number of pyridine rings is 1. The van der Waals surface area contributed by atoms with Gasteiger partial charge >= 0.3 is 0 Å². The van der Waals surface area contributed by atoms with Crippen molar-refractivity contribution in [1.82, 2.24) is 10.3 Å². The molecule has 2 aromatic rings. The largest absolute Gasteiger partial charge is 0.486 e. The van der Waals surface area contributed by atoms with Crippen LogP contribution in [0.3, 0.4) is 0 Å². The van der Waals surface area contributed by atoms with Crippen LogP contribution in [0.1, 0.15) is 40.7 Å². The van der Waals surface area contributed by atoms with Crippen molar-refractivity contribution in [3.8, 4) is 11.5 Å². The third kappa shape index (κ3) is 4.30. The zero-order valence-corrected chi connectivity index (χ0v) is 14.6. The van der Waals surface area contributed by atoms with E-state index in [1.165, 1.54) is 0 Å². The first-order chi connectivity index (χ1) is 12.7. The van der Waals surface area contributed by atoms with E-state index >= 15 is 0 Å². The predicted molar refractivity (Wildman–Crippen MR) is 96.9 cm³/mol. The van der Waals surface area contributed by atoms with Crippen LogP contribution in [0.4, 0.5) is 5.69 Å². The van der Waals surface area contributed by atoms with Gasteiger partial charge in [0.25, 0.3) is 11.8 Å². The molecule has 1 aromatic carbocycles. The SMILES string of the molecule is CCCCNC(=O)c1cccc(C(=O)Nc2ccc3c(c2)OCCO3)n1. The Hall–Kier alpha value is -3.09. The van der Waals surface area contributed by atoms with Crippen molar-refractivity contribution in [2.45, 2.75) is 19.8 Å². The molecule has 0 saturated heterocycles. The number of hydrogen-bond acceptors (Lipinski definition) is 5. The number of nitrogens with zero attached hydrogens (tertiary/aromatic N) is 1. The fraction of sp³-hybridized carbons (Fsp3) is 0.316. The molecule has 1 aliphatic rings. The first-order valence-corrected chi connectivity index (χ1v) is 8.63. The minimum Gasteiger partial charge on any atom is -0.486 e. The maximum absolute atomic E-state index is 12.4. The van der Waals surface area contributed by atoms with Gasteiger partial charge in [-0.05, 0) is 30.7 Å². The number of nitrogens with one attached hydrogen (secondary N) is 2. The molecule has 2 N–H and O–H groups in total. The van der Waals surface area contributed by atoms with E-state index in [9.17, 15) is 9.59 Å². The van der Waals surface area contributed by atoms with Gasteiger partial charge in [0, 0.05) is 18.3 Å². The van der Waals surface area contributed by atoms with E-state index < -0.39 is 5.91 Å². The molecule has 136 valence electrons. The van der Waals surface area contributed by atoms with E-state index in [1.807, 2.05) is 6.92 Å². The second-order valence-corrected chi connectivity index (χ2v) is 5.83.